The molecule has 0 saturated carbocycles. The fraction of sp³-hybridized carbons (Fsp3) is 0.188. The predicted molar refractivity (Wildman–Crippen MR) is 85.6 cm³/mol. The van der Waals surface area contributed by atoms with Gasteiger partial charge in [0.25, 0.3) is 5.91 Å². The zero-order chi connectivity index (χ0) is 15.5. The molecule has 2 aromatic carbocycles. The van der Waals surface area contributed by atoms with Gasteiger partial charge in [0, 0.05) is 16.2 Å². The van der Waals surface area contributed by atoms with Gasteiger partial charge in [-0.3, -0.25) is 4.79 Å². The number of hydrogen-bond acceptors (Lipinski definition) is 4. The maximum atomic E-state index is 11.9. The van der Waals surface area contributed by atoms with Crippen molar-refractivity contribution in [1.82, 2.24) is 0 Å². The van der Waals surface area contributed by atoms with E-state index in [-0.39, 0.29) is 19.3 Å². The predicted octanol–water partition coefficient (Wildman–Crippen LogP) is 3.50. The lowest BCUT2D eigenvalue weighted by Gasteiger charge is -2.09. The Bertz CT molecular complexity index is 717. The summed E-state index contributed by atoms with van der Waals surface area (Å²) < 4.78 is 17.0. The van der Waals surface area contributed by atoms with E-state index in [1.54, 1.807) is 18.2 Å². The molecule has 22 heavy (non-hydrogen) atoms. The minimum absolute atomic E-state index is 0.0600. The molecule has 0 atom stereocenters. The second-order valence-corrected chi connectivity index (χ2v) is 5.67. The number of amides is 1. The van der Waals surface area contributed by atoms with Crippen LogP contribution in [0.1, 0.15) is 5.56 Å². The van der Waals surface area contributed by atoms with Crippen LogP contribution in [0, 0.1) is 6.92 Å². The van der Waals surface area contributed by atoms with Crippen molar-refractivity contribution in [2.45, 2.75) is 6.92 Å². The molecule has 0 radical (unpaired) electrons. The van der Waals surface area contributed by atoms with Crippen LogP contribution >= 0.6 is 15.9 Å². The van der Waals surface area contributed by atoms with Crippen LogP contribution in [-0.4, -0.2) is 19.3 Å². The topological polar surface area (TPSA) is 56.8 Å². The fourth-order valence-electron chi connectivity index (χ4n) is 2.03. The number of rotatable bonds is 4. The smallest absolute Gasteiger partial charge is 0.262 e. The second-order valence-electron chi connectivity index (χ2n) is 4.82. The Kier molecular flexibility index (Phi) is 4.20. The van der Waals surface area contributed by atoms with E-state index < -0.39 is 0 Å². The van der Waals surface area contributed by atoms with E-state index >= 15 is 0 Å². The average Bonchev–Trinajstić information content (AvgIpc) is 2.96. The second kappa shape index (κ2) is 6.27. The number of ether oxygens (including phenoxy) is 3. The van der Waals surface area contributed by atoms with Gasteiger partial charge in [-0.25, -0.2) is 0 Å². The van der Waals surface area contributed by atoms with Crippen molar-refractivity contribution in [2.75, 3.05) is 18.7 Å². The Morgan fingerprint density at radius 1 is 1.23 bits per heavy atom. The molecule has 2 aromatic rings. The van der Waals surface area contributed by atoms with Crippen LogP contribution in [0.5, 0.6) is 17.2 Å². The summed E-state index contributed by atoms with van der Waals surface area (Å²) in [5.74, 6) is 1.72. The van der Waals surface area contributed by atoms with Gasteiger partial charge in [0.1, 0.15) is 5.75 Å². The lowest BCUT2D eigenvalue weighted by Crippen LogP contribution is -2.20. The highest BCUT2D eigenvalue weighted by atomic mass is 79.9. The third-order valence-electron chi connectivity index (χ3n) is 3.16. The van der Waals surface area contributed by atoms with Gasteiger partial charge in [0.05, 0.1) is 0 Å². The van der Waals surface area contributed by atoms with Crippen LogP contribution < -0.4 is 19.5 Å². The number of fused-ring (bicyclic) bond motifs is 1. The quantitative estimate of drug-likeness (QED) is 0.902. The van der Waals surface area contributed by atoms with Crippen molar-refractivity contribution < 1.29 is 19.0 Å². The zero-order valence-corrected chi connectivity index (χ0v) is 13.5. The number of benzene rings is 2. The minimum atomic E-state index is -0.237. The van der Waals surface area contributed by atoms with E-state index in [0.717, 1.165) is 10.0 Å². The van der Waals surface area contributed by atoms with E-state index in [2.05, 4.69) is 21.2 Å². The summed E-state index contributed by atoms with van der Waals surface area (Å²) in [6.07, 6.45) is 0. The molecule has 0 bridgehead atoms. The molecular formula is C16H14BrNO4. The lowest BCUT2D eigenvalue weighted by atomic mass is 10.2. The third kappa shape index (κ3) is 3.33. The molecule has 0 unspecified atom stereocenters. The number of aryl methyl sites for hydroxylation is 1. The molecule has 6 heteroatoms. The van der Waals surface area contributed by atoms with Crippen molar-refractivity contribution in [2.24, 2.45) is 0 Å². The van der Waals surface area contributed by atoms with Crippen molar-refractivity contribution in [3.05, 3.63) is 46.4 Å². The molecule has 0 spiro atoms. The number of nitrogens with one attached hydrogen (secondary N) is 1. The van der Waals surface area contributed by atoms with Gasteiger partial charge in [-0.15, -0.1) is 0 Å². The molecule has 0 saturated heterocycles. The van der Waals surface area contributed by atoms with Gasteiger partial charge in [0.15, 0.2) is 18.1 Å². The van der Waals surface area contributed by atoms with Crippen LogP contribution in [0.15, 0.2) is 40.9 Å². The van der Waals surface area contributed by atoms with Crippen LogP contribution in [0.4, 0.5) is 5.69 Å². The highest BCUT2D eigenvalue weighted by molar-refractivity contribution is 9.10. The van der Waals surface area contributed by atoms with E-state index in [9.17, 15) is 4.79 Å². The van der Waals surface area contributed by atoms with Crippen LogP contribution in [0.2, 0.25) is 0 Å². The van der Waals surface area contributed by atoms with Crippen molar-refractivity contribution in [1.29, 1.82) is 0 Å². The Balaban J connectivity index is 1.57. The van der Waals surface area contributed by atoms with E-state index in [1.165, 1.54) is 0 Å². The Hall–Kier alpha value is -2.21. The van der Waals surface area contributed by atoms with E-state index in [1.807, 2.05) is 25.1 Å². The van der Waals surface area contributed by atoms with Crippen LogP contribution in [0.25, 0.3) is 0 Å². The molecule has 0 aromatic heterocycles. The molecule has 3 rings (SSSR count). The lowest BCUT2D eigenvalue weighted by molar-refractivity contribution is -0.118. The van der Waals surface area contributed by atoms with E-state index in [0.29, 0.717) is 22.9 Å². The van der Waals surface area contributed by atoms with Crippen molar-refractivity contribution in [3.8, 4) is 17.2 Å². The maximum Gasteiger partial charge on any atom is 0.262 e. The molecular weight excluding hydrogens is 350 g/mol. The number of carbonyl (C=O) groups excluding carboxylic acids is 1. The highest BCUT2D eigenvalue weighted by Crippen LogP contribution is 2.34. The average molecular weight is 364 g/mol. The molecule has 1 amide bonds. The van der Waals surface area contributed by atoms with Gasteiger partial charge in [0.2, 0.25) is 6.79 Å². The number of carbonyl (C=O) groups is 1. The molecule has 1 N–H and O–H groups in total. The summed E-state index contributed by atoms with van der Waals surface area (Å²) in [5, 5.41) is 2.76. The van der Waals surface area contributed by atoms with Gasteiger partial charge < -0.3 is 19.5 Å². The third-order valence-corrected chi connectivity index (χ3v) is 4.05. The van der Waals surface area contributed by atoms with Gasteiger partial charge in [-0.05, 0) is 42.8 Å². The Morgan fingerprint density at radius 3 is 2.86 bits per heavy atom. The summed E-state index contributed by atoms with van der Waals surface area (Å²) >= 11 is 3.42. The first-order valence-corrected chi connectivity index (χ1v) is 7.49. The summed E-state index contributed by atoms with van der Waals surface area (Å²) in [6, 6.07) is 10.8. The number of anilines is 1. The number of hydrogen-bond donors (Lipinski definition) is 1. The van der Waals surface area contributed by atoms with Gasteiger partial charge in [-0.2, -0.15) is 0 Å². The van der Waals surface area contributed by atoms with Gasteiger partial charge >= 0.3 is 0 Å². The summed E-state index contributed by atoms with van der Waals surface area (Å²) in [5.41, 5.74) is 1.69. The monoisotopic (exact) mass is 363 g/mol. The summed E-state index contributed by atoms with van der Waals surface area (Å²) in [7, 11) is 0. The zero-order valence-electron chi connectivity index (χ0n) is 11.9. The Labute approximate surface area is 136 Å². The number of halogens is 1. The van der Waals surface area contributed by atoms with Crippen LogP contribution in [0.3, 0.4) is 0 Å². The first-order chi connectivity index (χ1) is 10.6. The first-order valence-electron chi connectivity index (χ1n) is 6.70. The maximum absolute atomic E-state index is 11.9. The standard InChI is InChI=1S/C16H14BrNO4/c1-10-6-12(3-4-13(10)17)20-8-16(19)18-11-2-5-14-15(7-11)22-9-21-14/h2-7H,8-9H2,1H3,(H,18,19). The fourth-order valence-corrected chi connectivity index (χ4v) is 2.27. The summed E-state index contributed by atoms with van der Waals surface area (Å²) in [6.45, 7) is 2.11. The molecule has 1 heterocycles. The molecule has 1 aliphatic rings. The van der Waals surface area contributed by atoms with Crippen LogP contribution in [-0.2, 0) is 4.79 Å². The van der Waals surface area contributed by atoms with E-state index in [4.69, 9.17) is 14.2 Å². The molecule has 0 fully saturated rings. The van der Waals surface area contributed by atoms with Crippen molar-refractivity contribution in [3.63, 3.8) is 0 Å². The SMILES string of the molecule is Cc1cc(OCC(=O)Nc2ccc3c(c2)OCO3)ccc1Br. The first kappa shape index (κ1) is 14.7. The Morgan fingerprint density at radius 2 is 2.05 bits per heavy atom. The normalized spacial score (nSPS) is 12.1. The minimum Gasteiger partial charge on any atom is -0.484 e. The molecule has 1 aliphatic heterocycles. The molecule has 5 nitrogen and oxygen atoms in total. The largest absolute Gasteiger partial charge is 0.484 e. The molecule has 114 valence electrons. The summed E-state index contributed by atoms with van der Waals surface area (Å²) in [4.78, 5) is 11.9. The van der Waals surface area contributed by atoms with Crippen molar-refractivity contribution >= 4 is 27.5 Å². The molecule has 0 aliphatic carbocycles. The highest BCUT2D eigenvalue weighted by Gasteiger charge is 2.14. The van der Waals surface area contributed by atoms with Gasteiger partial charge in [-0.1, -0.05) is 15.9 Å².